The number of pyridine rings is 2. The minimum atomic E-state index is -5.00. The first-order chi connectivity index (χ1) is 26.5. The Labute approximate surface area is 363 Å². The third kappa shape index (κ3) is 9.84. The maximum Gasteiger partial charge on any atom is 2.00 e. The van der Waals surface area contributed by atoms with Gasteiger partial charge in [-0.25, -0.2) is 19.6 Å². The summed E-state index contributed by atoms with van der Waals surface area (Å²) in [4.78, 5) is 30.1. The number of hydrogen-bond acceptors (Lipinski definition) is 16. The minimum absolute atomic E-state index is 0. The van der Waals surface area contributed by atoms with Crippen molar-refractivity contribution in [1.82, 2.24) is 29.5 Å². The van der Waals surface area contributed by atoms with E-state index in [0.29, 0.717) is 0 Å². The number of benzene rings is 2. The molecule has 0 radical (unpaired) electrons. The quantitative estimate of drug-likeness (QED) is 0.0442. The molecule has 4 aromatic heterocycles. The van der Waals surface area contributed by atoms with Gasteiger partial charge < -0.3 is 20.4 Å². The van der Waals surface area contributed by atoms with Crippen LogP contribution in [-0.2, 0) is 20.2 Å². The van der Waals surface area contributed by atoms with Gasteiger partial charge in [0.05, 0.1) is 11.4 Å². The SMILES string of the molecule is O=C(O)c1nn(-c2ccccn2)c(O)c1N=Nc1ccc(/C=C\c2ccc(N=Nc3c(C(=O)O)nn(-c4ccccn4)c3O)cc2S(=O)(=O)O)c(S(=O)(=O)O)c1.[Mg+2].[Na+]. The monoisotopic (exact) mass is 849 g/mol. The van der Waals surface area contributed by atoms with Crippen LogP contribution in [0.3, 0.4) is 0 Å². The summed E-state index contributed by atoms with van der Waals surface area (Å²) in [5.74, 6) is -4.56. The first kappa shape index (κ1) is 44.9. The number of azo groups is 2. The van der Waals surface area contributed by atoms with Crippen LogP contribution in [0.2, 0.25) is 0 Å². The molecule has 6 N–H and O–H groups in total. The van der Waals surface area contributed by atoms with Gasteiger partial charge in [-0.2, -0.15) is 46.6 Å². The summed E-state index contributed by atoms with van der Waals surface area (Å²) in [6.07, 6.45) is 4.88. The smallest absolute Gasteiger partial charge is 0.492 e. The second kappa shape index (κ2) is 18.2. The minimum Gasteiger partial charge on any atom is -0.492 e. The van der Waals surface area contributed by atoms with Crippen LogP contribution >= 0.6 is 0 Å². The van der Waals surface area contributed by atoms with Crippen LogP contribution in [0.15, 0.2) is 115 Å². The summed E-state index contributed by atoms with van der Waals surface area (Å²) in [7, 11) is -10.0. The molecule has 26 heteroatoms. The van der Waals surface area contributed by atoms with Gasteiger partial charge in [0.2, 0.25) is 23.1 Å². The molecule has 58 heavy (non-hydrogen) atoms. The fraction of sp³-hybridized carbons (Fsp3) is 0. The van der Waals surface area contributed by atoms with Gasteiger partial charge in [-0.05, 0) is 59.7 Å². The van der Waals surface area contributed by atoms with Crippen LogP contribution in [0.25, 0.3) is 23.8 Å². The van der Waals surface area contributed by atoms with Crippen molar-refractivity contribution in [3.05, 3.63) is 108 Å². The Hall–Kier alpha value is -5.77. The van der Waals surface area contributed by atoms with Gasteiger partial charge in [-0.15, -0.1) is 10.2 Å². The molecule has 0 aliphatic carbocycles. The number of carbonyl (C=O) groups is 2. The van der Waals surface area contributed by atoms with Crippen molar-refractivity contribution >= 4 is 90.1 Å². The van der Waals surface area contributed by atoms with Gasteiger partial charge in [0.25, 0.3) is 20.2 Å². The van der Waals surface area contributed by atoms with E-state index in [9.17, 15) is 56.0 Å². The van der Waals surface area contributed by atoms with Crippen LogP contribution in [-0.4, -0.2) is 111 Å². The molecule has 0 saturated heterocycles. The molecule has 0 amide bonds. The summed E-state index contributed by atoms with van der Waals surface area (Å²) in [6, 6.07) is 15.5. The summed E-state index contributed by atoms with van der Waals surface area (Å²) in [6.45, 7) is 0. The normalized spacial score (nSPS) is 11.8. The molecule has 6 rings (SSSR count). The number of rotatable bonds is 12. The second-order valence-corrected chi connectivity index (χ2v) is 13.8. The number of aromatic nitrogens is 6. The number of aromatic hydroxyl groups is 2. The first-order valence-electron chi connectivity index (χ1n) is 15.2. The Balaban J connectivity index is 0.00000372. The van der Waals surface area contributed by atoms with Gasteiger partial charge in [0.1, 0.15) is 9.79 Å². The Morgan fingerprint density at radius 3 is 1.29 bits per heavy atom. The average molecular weight is 850 g/mol. The van der Waals surface area contributed by atoms with E-state index in [2.05, 4.69) is 40.6 Å². The fourth-order valence-electron chi connectivity index (χ4n) is 4.84. The molecule has 0 unspecified atom stereocenters. The van der Waals surface area contributed by atoms with Crippen molar-refractivity contribution in [2.45, 2.75) is 9.79 Å². The Kier molecular flexibility index (Phi) is 14.1. The fourth-order valence-corrected chi connectivity index (χ4v) is 6.25. The van der Waals surface area contributed by atoms with Crippen LogP contribution < -0.4 is 29.6 Å². The Morgan fingerprint density at radius 1 is 0.603 bits per heavy atom. The van der Waals surface area contributed by atoms with Crippen molar-refractivity contribution in [2.75, 3.05) is 0 Å². The predicted molar refractivity (Wildman–Crippen MR) is 196 cm³/mol. The van der Waals surface area contributed by atoms with Crippen molar-refractivity contribution < 1.29 is 85.5 Å². The molecular formula is C32H22MgN10NaO12S2+3. The van der Waals surface area contributed by atoms with Gasteiger partial charge >= 0.3 is 64.5 Å². The van der Waals surface area contributed by atoms with Crippen LogP contribution in [0.4, 0.5) is 22.7 Å². The van der Waals surface area contributed by atoms with E-state index in [0.717, 1.165) is 45.8 Å². The van der Waals surface area contributed by atoms with Crippen molar-refractivity contribution in [2.24, 2.45) is 20.5 Å². The van der Waals surface area contributed by atoms with Gasteiger partial charge in [-0.3, -0.25) is 9.11 Å². The zero-order valence-electron chi connectivity index (χ0n) is 29.4. The number of carboxylic acid groups (broad SMARTS) is 2. The molecule has 2 aromatic carbocycles. The Bertz CT molecular complexity index is 2660. The van der Waals surface area contributed by atoms with Crippen molar-refractivity contribution in [3.8, 4) is 23.4 Å². The largest absolute Gasteiger partial charge is 2.00 e. The maximum atomic E-state index is 12.4. The van der Waals surface area contributed by atoms with E-state index >= 15 is 0 Å². The predicted octanol–water partition coefficient (Wildman–Crippen LogP) is 1.77. The summed E-state index contributed by atoms with van der Waals surface area (Å²) in [5, 5.41) is 63.1. The molecule has 0 fully saturated rings. The molecule has 6 aromatic rings. The second-order valence-electron chi connectivity index (χ2n) is 11.0. The third-order valence-electron chi connectivity index (χ3n) is 7.33. The Morgan fingerprint density at radius 2 is 0.983 bits per heavy atom. The molecule has 0 saturated carbocycles. The van der Waals surface area contributed by atoms with E-state index in [1.165, 1.54) is 36.7 Å². The molecule has 284 valence electrons. The number of hydrogen-bond donors (Lipinski definition) is 6. The molecule has 0 atom stereocenters. The molecule has 0 bridgehead atoms. The van der Waals surface area contributed by atoms with Crippen LogP contribution in [0, 0.1) is 0 Å². The first-order valence-corrected chi connectivity index (χ1v) is 18.1. The molecule has 0 aliphatic rings. The molecule has 0 aliphatic heterocycles. The van der Waals surface area contributed by atoms with Gasteiger partial charge in [0, 0.05) is 12.4 Å². The van der Waals surface area contributed by atoms with Crippen LogP contribution in [0.5, 0.6) is 11.8 Å². The van der Waals surface area contributed by atoms with Crippen molar-refractivity contribution in [1.29, 1.82) is 0 Å². The van der Waals surface area contributed by atoms with E-state index in [1.54, 1.807) is 24.3 Å². The standard InChI is InChI=1S/C32H22N10O12S2.Mg.Na/c43-29-25(27(31(45)46)39-41(29)23-5-1-3-13-33-23)37-35-19-11-9-17(21(15-19)55(49,50)51)7-8-18-10-12-20(16-22(18)56(52,53)54)36-38-26-28(32(47)48)40-42(30(26)44)24-6-2-4-14-34-24;;/h1-16,43-44H,(H,45,46)(H,47,48)(H,49,50,51)(H,52,53,54);;/q;+2;+1/b8-7-,37-35?,38-36?;;. The number of nitrogens with zero attached hydrogens (tertiary/aromatic N) is 10. The maximum absolute atomic E-state index is 12.4. The van der Waals surface area contributed by atoms with E-state index < -0.39 is 76.5 Å². The summed E-state index contributed by atoms with van der Waals surface area (Å²) < 4.78 is 71.0. The van der Waals surface area contributed by atoms with Crippen molar-refractivity contribution in [3.63, 3.8) is 0 Å². The molecular weight excluding hydrogens is 828 g/mol. The number of aromatic carboxylic acids is 2. The molecule has 22 nitrogen and oxygen atoms in total. The zero-order chi connectivity index (χ0) is 40.4. The summed E-state index contributed by atoms with van der Waals surface area (Å²) in [5.41, 5.74) is -3.54. The third-order valence-corrected chi connectivity index (χ3v) is 9.15. The molecule has 4 heterocycles. The number of carboxylic acids is 2. The van der Waals surface area contributed by atoms with E-state index in [4.69, 9.17) is 0 Å². The van der Waals surface area contributed by atoms with Gasteiger partial charge in [-0.1, -0.05) is 36.4 Å². The van der Waals surface area contributed by atoms with E-state index in [1.807, 2.05) is 0 Å². The average Bonchev–Trinajstić information content (AvgIpc) is 3.68. The van der Waals surface area contributed by atoms with Gasteiger partial charge in [0.15, 0.2) is 23.0 Å². The zero-order valence-corrected chi connectivity index (χ0v) is 34.4. The van der Waals surface area contributed by atoms with E-state index in [-0.39, 0.29) is 86.7 Å². The van der Waals surface area contributed by atoms with Crippen LogP contribution in [0.1, 0.15) is 32.1 Å². The topological polar surface area (TPSA) is 335 Å². The molecule has 0 spiro atoms. The summed E-state index contributed by atoms with van der Waals surface area (Å²) >= 11 is 0.